The normalized spacial score (nSPS) is 11.9. The minimum atomic E-state index is -0.917. The Hall–Kier alpha value is -2.60. The molecule has 1 aromatic carbocycles. The van der Waals surface area contributed by atoms with Crippen LogP contribution in [0.2, 0.25) is 0 Å². The number of amides is 1. The molecule has 0 aliphatic carbocycles. The molecular formula is C18H19NO4S. The number of benzene rings is 1. The summed E-state index contributed by atoms with van der Waals surface area (Å²) >= 11 is 1.51. The molecule has 2 rings (SSSR count). The Morgan fingerprint density at radius 2 is 2.04 bits per heavy atom. The van der Waals surface area contributed by atoms with E-state index in [2.05, 4.69) is 5.32 Å². The van der Waals surface area contributed by atoms with Crippen LogP contribution in [0.3, 0.4) is 0 Å². The van der Waals surface area contributed by atoms with E-state index in [-0.39, 0.29) is 0 Å². The summed E-state index contributed by atoms with van der Waals surface area (Å²) in [6.45, 7) is 3.88. The second-order valence-corrected chi connectivity index (χ2v) is 5.83. The molecule has 126 valence electrons. The second-order valence-electron chi connectivity index (χ2n) is 4.85. The highest BCUT2D eigenvalue weighted by molar-refractivity contribution is 7.10. The Labute approximate surface area is 144 Å². The summed E-state index contributed by atoms with van der Waals surface area (Å²) in [6, 6.07) is 10.9. The first-order chi connectivity index (χ1) is 11.6. The van der Waals surface area contributed by atoms with Gasteiger partial charge < -0.3 is 14.8 Å². The zero-order chi connectivity index (χ0) is 17.4. The smallest absolute Gasteiger partial charge is 0.331 e. The van der Waals surface area contributed by atoms with Crippen molar-refractivity contribution in [2.24, 2.45) is 0 Å². The van der Waals surface area contributed by atoms with Crippen LogP contribution in [0, 0.1) is 0 Å². The van der Waals surface area contributed by atoms with Crippen molar-refractivity contribution in [3.05, 3.63) is 52.7 Å². The predicted octanol–water partition coefficient (Wildman–Crippen LogP) is 3.73. The van der Waals surface area contributed by atoms with Gasteiger partial charge in [-0.05, 0) is 43.5 Å². The number of rotatable bonds is 7. The molecule has 24 heavy (non-hydrogen) atoms. The van der Waals surface area contributed by atoms with Crippen LogP contribution in [0.25, 0.3) is 6.08 Å². The molecule has 1 amide bonds. The Morgan fingerprint density at radius 1 is 1.25 bits per heavy atom. The van der Waals surface area contributed by atoms with Crippen LogP contribution < -0.4 is 10.1 Å². The standard InChI is InChI=1S/C18H19NO4S/c1-3-22-16-9-5-4-8-15(16)19-18(21)13(2)23-17(20)11-10-14-7-6-12-24-14/h4-13H,3H2,1-2H3,(H,19,21)/b11-10+/t13-/m0/s1. The lowest BCUT2D eigenvalue weighted by Crippen LogP contribution is -2.29. The van der Waals surface area contributed by atoms with Crippen LogP contribution in [0.1, 0.15) is 18.7 Å². The molecule has 1 aromatic heterocycles. The van der Waals surface area contributed by atoms with Gasteiger partial charge in [0.1, 0.15) is 5.75 Å². The summed E-state index contributed by atoms with van der Waals surface area (Å²) in [5.74, 6) is -0.409. The molecular weight excluding hydrogens is 326 g/mol. The monoisotopic (exact) mass is 345 g/mol. The van der Waals surface area contributed by atoms with Crippen molar-refractivity contribution >= 4 is 35.0 Å². The molecule has 1 heterocycles. The number of anilines is 1. The molecule has 0 unspecified atom stereocenters. The molecule has 0 spiro atoms. The maximum atomic E-state index is 12.2. The zero-order valence-corrected chi connectivity index (χ0v) is 14.3. The summed E-state index contributed by atoms with van der Waals surface area (Å²) < 4.78 is 10.6. The number of thiophene rings is 1. The van der Waals surface area contributed by atoms with E-state index < -0.39 is 18.0 Å². The van der Waals surface area contributed by atoms with Gasteiger partial charge in [-0.1, -0.05) is 18.2 Å². The molecule has 5 nitrogen and oxygen atoms in total. The van der Waals surface area contributed by atoms with Crippen LogP contribution in [-0.4, -0.2) is 24.6 Å². The number of esters is 1. The number of hydrogen-bond donors (Lipinski definition) is 1. The Morgan fingerprint density at radius 3 is 2.75 bits per heavy atom. The lowest BCUT2D eigenvalue weighted by atomic mass is 10.2. The van der Waals surface area contributed by atoms with E-state index in [1.54, 1.807) is 24.3 Å². The maximum absolute atomic E-state index is 12.2. The van der Waals surface area contributed by atoms with E-state index in [1.807, 2.05) is 30.5 Å². The van der Waals surface area contributed by atoms with Gasteiger partial charge in [0.15, 0.2) is 6.10 Å². The molecule has 0 aliphatic heterocycles. The minimum absolute atomic E-state index is 0.417. The van der Waals surface area contributed by atoms with Crippen LogP contribution in [0.15, 0.2) is 47.9 Å². The van der Waals surface area contributed by atoms with E-state index in [1.165, 1.54) is 24.3 Å². The summed E-state index contributed by atoms with van der Waals surface area (Å²) in [4.78, 5) is 24.9. The Balaban J connectivity index is 1.91. The first-order valence-corrected chi connectivity index (χ1v) is 8.43. The average molecular weight is 345 g/mol. The highest BCUT2D eigenvalue weighted by Gasteiger charge is 2.18. The van der Waals surface area contributed by atoms with Crippen LogP contribution in [-0.2, 0) is 14.3 Å². The van der Waals surface area contributed by atoms with Crippen molar-refractivity contribution in [3.63, 3.8) is 0 Å². The minimum Gasteiger partial charge on any atom is -0.492 e. The molecule has 1 N–H and O–H groups in total. The van der Waals surface area contributed by atoms with Crippen molar-refractivity contribution in [3.8, 4) is 5.75 Å². The van der Waals surface area contributed by atoms with Gasteiger partial charge in [-0.3, -0.25) is 4.79 Å². The van der Waals surface area contributed by atoms with E-state index >= 15 is 0 Å². The number of carbonyl (C=O) groups excluding carboxylic acids is 2. The lowest BCUT2D eigenvalue weighted by Gasteiger charge is -2.14. The predicted molar refractivity (Wildman–Crippen MR) is 95.1 cm³/mol. The van der Waals surface area contributed by atoms with Gasteiger partial charge in [-0.25, -0.2) is 4.79 Å². The molecule has 0 radical (unpaired) electrons. The van der Waals surface area contributed by atoms with Gasteiger partial charge in [-0.2, -0.15) is 0 Å². The van der Waals surface area contributed by atoms with Crippen molar-refractivity contribution in [2.75, 3.05) is 11.9 Å². The first-order valence-electron chi connectivity index (χ1n) is 7.55. The van der Waals surface area contributed by atoms with Crippen molar-refractivity contribution in [2.45, 2.75) is 20.0 Å². The fourth-order valence-corrected chi connectivity index (χ4v) is 2.51. The third kappa shape index (κ3) is 5.24. The number of para-hydroxylation sites is 2. The summed E-state index contributed by atoms with van der Waals surface area (Å²) in [6.07, 6.45) is 2.05. The molecule has 0 saturated carbocycles. The third-order valence-electron chi connectivity index (χ3n) is 3.03. The van der Waals surface area contributed by atoms with Gasteiger partial charge in [0.2, 0.25) is 0 Å². The van der Waals surface area contributed by atoms with Crippen molar-refractivity contribution in [1.29, 1.82) is 0 Å². The van der Waals surface area contributed by atoms with Crippen LogP contribution in [0.4, 0.5) is 5.69 Å². The van der Waals surface area contributed by atoms with E-state index in [0.717, 1.165) is 4.88 Å². The largest absolute Gasteiger partial charge is 0.492 e. The topological polar surface area (TPSA) is 64.6 Å². The lowest BCUT2D eigenvalue weighted by molar-refractivity contribution is -0.148. The van der Waals surface area contributed by atoms with Gasteiger partial charge in [0.25, 0.3) is 5.91 Å². The Bertz CT molecular complexity index is 710. The highest BCUT2D eigenvalue weighted by Crippen LogP contribution is 2.23. The van der Waals surface area contributed by atoms with Gasteiger partial charge in [0, 0.05) is 11.0 Å². The fourth-order valence-electron chi connectivity index (χ4n) is 1.89. The van der Waals surface area contributed by atoms with E-state index in [4.69, 9.17) is 9.47 Å². The SMILES string of the molecule is CCOc1ccccc1NC(=O)[C@H](C)OC(=O)/C=C/c1cccs1. The van der Waals surface area contributed by atoms with Crippen molar-refractivity contribution in [1.82, 2.24) is 0 Å². The first kappa shape index (κ1) is 17.7. The van der Waals surface area contributed by atoms with E-state index in [0.29, 0.717) is 18.0 Å². The fraction of sp³-hybridized carbons (Fsp3) is 0.222. The Kier molecular flexibility index (Phi) is 6.57. The van der Waals surface area contributed by atoms with Gasteiger partial charge in [-0.15, -0.1) is 11.3 Å². The molecule has 0 aliphatic rings. The number of nitrogens with one attached hydrogen (secondary N) is 1. The molecule has 0 bridgehead atoms. The summed E-state index contributed by atoms with van der Waals surface area (Å²) in [7, 11) is 0. The van der Waals surface area contributed by atoms with Crippen molar-refractivity contribution < 1.29 is 19.1 Å². The van der Waals surface area contributed by atoms with Gasteiger partial charge in [0.05, 0.1) is 12.3 Å². The average Bonchev–Trinajstić information content (AvgIpc) is 3.08. The molecule has 6 heteroatoms. The summed E-state index contributed by atoms with van der Waals surface area (Å²) in [5, 5.41) is 4.62. The summed E-state index contributed by atoms with van der Waals surface area (Å²) in [5.41, 5.74) is 0.543. The molecule has 2 aromatic rings. The van der Waals surface area contributed by atoms with Gasteiger partial charge >= 0.3 is 5.97 Å². The third-order valence-corrected chi connectivity index (χ3v) is 3.87. The molecule has 0 fully saturated rings. The second kappa shape index (κ2) is 8.88. The highest BCUT2D eigenvalue weighted by atomic mass is 32.1. The quantitative estimate of drug-likeness (QED) is 0.613. The number of carbonyl (C=O) groups is 2. The maximum Gasteiger partial charge on any atom is 0.331 e. The number of hydrogen-bond acceptors (Lipinski definition) is 5. The van der Waals surface area contributed by atoms with Crippen LogP contribution in [0.5, 0.6) is 5.75 Å². The zero-order valence-electron chi connectivity index (χ0n) is 13.5. The van der Waals surface area contributed by atoms with E-state index in [9.17, 15) is 9.59 Å². The molecule has 1 atom stereocenters. The van der Waals surface area contributed by atoms with Crippen LogP contribution >= 0.6 is 11.3 Å². The molecule has 0 saturated heterocycles. The number of ether oxygens (including phenoxy) is 2.